The van der Waals surface area contributed by atoms with Crippen LogP contribution in [0.2, 0.25) is 5.02 Å². The Morgan fingerprint density at radius 1 is 1.47 bits per heavy atom. The maximum atomic E-state index is 5.73. The topological polar surface area (TPSA) is 25.4 Å². The summed E-state index contributed by atoms with van der Waals surface area (Å²) in [5.41, 5.74) is 0. The first-order chi connectivity index (χ1) is 7.84. The Kier molecular flexibility index (Phi) is 7.04. The summed E-state index contributed by atoms with van der Waals surface area (Å²) < 4.78 is 5.52. The number of hydrogen-bond donors (Lipinski definition) is 0. The van der Waals surface area contributed by atoms with Crippen LogP contribution in [-0.2, 0) is 0 Å². The second-order valence-electron chi connectivity index (χ2n) is 3.67. The van der Waals surface area contributed by atoms with Gasteiger partial charge >= 0.3 is 0 Å². The predicted molar refractivity (Wildman–Crippen MR) is 75.5 cm³/mol. The Hall–Kier alpha value is -0.160. The van der Waals surface area contributed by atoms with Gasteiger partial charge in [0.05, 0.1) is 11.6 Å². The highest BCUT2D eigenvalue weighted by Gasteiger charge is 2.10. The van der Waals surface area contributed by atoms with Crippen LogP contribution in [0.25, 0.3) is 0 Å². The molecule has 1 aromatic heterocycles. The van der Waals surface area contributed by atoms with Crippen molar-refractivity contribution in [3.8, 4) is 5.88 Å². The van der Waals surface area contributed by atoms with Crippen LogP contribution in [-0.4, -0.2) is 41.2 Å². The molecule has 2 heterocycles. The van der Waals surface area contributed by atoms with E-state index in [1.807, 2.05) is 11.8 Å². The summed E-state index contributed by atoms with van der Waals surface area (Å²) in [6.45, 7) is 3.04. The summed E-state index contributed by atoms with van der Waals surface area (Å²) >= 11 is 7.73. The molecule has 0 bridgehead atoms. The highest BCUT2D eigenvalue weighted by molar-refractivity contribution is 7.99. The smallest absolute Gasteiger partial charge is 0.213 e. The molecule has 0 atom stereocenters. The molecule has 0 saturated carbocycles. The van der Waals surface area contributed by atoms with E-state index in [0.29, 0.717) is 10.9 Å². The van der Waals surface area contributed by atoms with E-state index in [4.69, 9.17) is 16.3 Å². The highest BCUT2D eigenvalue weighted by atomic mass is 35.5. The minimum Gasteiger partial charge on any atom is -0.478 e. The molecule has 1 aromatic rings. The third-order valence-corrected chi connectivity index (χ3v) is 3.64. The molecule has 3 nitrogen and oxygen atoms in total. The lowest BCUT2D eigenvalue weighted by atomic mass is 10.4. The molecular weight excluding hydrogens is 279 g/mol. The lowest BCUT2D eigenvalue weighted by Crippen LogP contribution is -2.22. The van der Waals surface area contributed by atoms with E-state index < -0.39 is 0 Å². The number of nitrogens with zero attached hydrogens (tertiary/aromatic N) is 2. The van der Waals surface area contributed by atoms with Crippen LogP contribution in [0, 0.1) is 0 Å². The van der Waals surface area contributed by atoms with E-state index in [-0.39, 0.29) is 12.4 Å². The molecule has 0 aliphatic carbocycles. The van der Waals surface area contributed by atoms with Crippen molar-refractivity contribution in [3.05, 3.63) is 23.4 Å². The van der Waals surface area contributed by atoms with E-state index in [2.05, 4.69) is 9.88 Å². The molecule has 1 fully saturated rings. The van der Waals surface area contributed by atoms with Gasteiger partial charge in [0.1, 0.15) is 0 Å². The fourth-order valence-corrected chi connectivity index (χ4v) is 2.69. The van der Waals surface area contributed by atoms with Gasteiger partial charge in [-0.1, -0.05) is 11.6 Å². The largest absolute Gasteiger partial charge is 0.478 e. The van der Waals surface area contributed by atoms with Crippen molar-refractivity contribution in [1.82, 2.24) is 9.88 Å². The molecule has 17 heavy (non-hydrogen) atoms. The molecule has 0 amide bonds. The van der Waals surface area contributed by atoms with Crippen LogP contribution >= 0.6 is 35.8 Å². The van der Waals surface area contributed by atoms with E-state index in [1.54, 1.807) is 18.3 Å². The fourth-order valence-electron chi connectivity index (χ4n) is 1.54. The van der Waals surface area contributed by atoms with Crippen LogP contribution < -0.4 is 4.74 Å². The van der Waals surface area contributed by atoms with Crippen LogP contribution in [0.4, 0.5) is 0 Å². The second kappa shape index (κ2) is 8.03. The molecule has 1 saturated heterocycles. The van der Waals surface area contributed by atoms with Crippen molar-refractivity contribution >= 4 is 35.8 Å². The Balaban J connectivity index is 0.00000144. The maximum Gasteiger partial charge on any atom is 0.213 e. The molecule has 1 aliphatic rings. The van der Waals surface area contributed by atoms with Gasteiger partial charge in [-0.2, -0.15) is 0 Å². The van der Waals surface area contributed by atoms with Gasteiger partial charge in [0.2, 0.25) is 5.88 Å². The SMILES string of the molecule is Cl.Clc1ccc(OCCCN2CCSC2)nc1. The van der Waals surface area contributed by atoms with Gasteiger partial charge in [-0.3, -0.25) is 4.90 Å². The first-order valence-corrected chi connectivity index (χ1v) is 6.92. The zero-order chi connectivity index (χ0) is 11.2. The summed E-state index contributed by atoms with van der Waals surface area (Å²) in [5.74, 6) is 3.08. The number of pyridine rings is 1. The third-order valence-electron chi connectivity index (χ3n) is 2.39. The van der Waals surface area contributed by atoms with Crippen LogP contribution in [0.5, 0.6) is 5.88 Å². The normalized spacial score (nSPS) is 15.6. The number of hydrogen-bond acceptors (Lipinski definition) is 4. The number of ether oxygens (including phenoxy) is 1. The molecule has 1 aliphatic heterocycles. The molecule has 6 heteroatoms. The summed E-state index contributed by atoms with van der Waals surface area (Å²) in [6, 6.07) is 3.59. The second-order valence-corrected chi connectivity index (χ2v) is 5.18. The van der Waals surface area contributed by atoms with Crippen molar-refractivity contribution in [1.29, 1.82) is 0 Å². The number of aromatic nitrogens is 1. The molecule has 2 rings (SSSR count). The van der Waals surface area contributed by atoms with Gasteiger partial charge in [0.25, 0.3) is 0 Å². The van der Waals surface area contributed by atoms with Crippen molar-refractivity contribution in [2.24, 2.45) is 0 Å². The Labute approximate surface area is 117 Å². The Morgan fingerprint density at radius 2 is 2.35 bits per heavy atom. The van der Waals surface area contributed by atoms with E-state index in [9.17, 15) is 0 Å². The van der Waals surface area contributed by atoms with Crippen molar-refractivity contribution < 1.29 is 4.74 Å². The highest BCUT2D eigenvalue weighted by Crippen LogP contribution is 2.14. The maximum absolute atomic E-state index is 5.73. The van der Waals surface area contributed by atoms with Crippen molar-refractivity contribution in [2.75, 3.05) is 31.3 Å². The monoisotopic (exact) mass is 294 g/mol. The van der Waals surface area contributed by atoms with Crippen LogP contribution in [0.3, 0.4) is 0 Å². The first-order valence-electron chi connectivity index (χ1n) is 5.39. The molecule has 0 N–H and O–H groups in total. The third kappa shape index (κ3) is 5.34. The molecule has 96 valence electrons. The lowest BCUT2D eigenvalue weighted by Gasteiger charge is -2.13. The zero-order valence-electron chi connectivity index (χ0n) is 9.47. The van der Waals surface area contributed by atoms with Gasteiger partial charge in [-0.25, -0.2) is 4.98 Å². The number of thioether (sulfide) groups is 1. The number of rotatable bonds is 5. The summed E-state index contributed by atoms with van der Waals surface area (Å²) in [6.07, 6.45) is 2.65. The van der Waals surface area contributed by atoms with E-state index in [0.717, 1.165) is 19.6 Å². The zero-order valence-corrected chi connectivity index (χ0v) is 11.9. The summed E-state index contributed by atoms with van der Waals surface area (Å²) in [7, 11) is 0. The molecule has 0 aromatic carbocycles. The average Bonchev–Trinajstić information content (AvgIpc) is 2.80. The fraction of sp³-hybridized carbons (Fsp3) is 0.545. The predicted octanol–water partition coefficient (Wildman–Crippen LogP) is 2.93. The van der Waals surface area contributed by atoms with Gasteiger partial charge in [0, 0.05) is 37.0 Å². The number of halogens is 2. The molecule has 0 spiro atoms. The molecule has 0 radical (unpaired) electrons. The summed E-state index contributed by atoms with van der Waals surface area (Å²) in [5, 5.41) is 0.640. The minimum absolute atomic E-state index is 0. The van der Waals surface area contributed by atoms with Gasteiger partial charge in [-0.05, 0) is 12.5 Å². The lowest BCUT2D eigenvalue weighted by molar-refractivity contribution is 0.262. The van der Waals surface area contributed by atoms with Crippen LogP contribution in [0.15, 0.2) is 18.3 Å². The van der Waals surface area contributed by atoms with Gasteiger partial charge in [-0.15, -0.1) is 24.2 Å². The Bertz CT molecular complexity index is 318. The van der Waals surface area contributed by atoms with E-state index >= 15 is 0 Å². The van der Waals surface area contributed by atoms with Crippen molar-refractivity contribution in [3.63, 3.8) is 0 Å². The molecular formula is C11H16Cl2N2OS. The average molecular weight is 295 g/mol. The van der Waals surface area contributed by atoms with Crippen molar-refractivity contribution in [2.45, 2.75) is 6.42 Å². The molecule has 0 unspecified atom stereocenters. The van der Waals surface area contributed by atoms with Crippen LogP contribution in [0.1, 0.15) is 6.42 Å². The van der Waals surface area contributed by atoms with Gasteiger partial charge in [0.15, 0.2) is 0 Å². The first kappa shape index (κ1) is 14.9. The minimum atomic E-state index is 0. The standard InChI is InChI=1S/C11H15ClN2OS.ClH/c12-10-2-3-11(13-8-10)15-6-1-4-14-5-7-16-9-14;/h2-3,8H,1,4-7,9H2;1H. The Morgan fingerprint density at radius 3 is 3.00 bits per heavy atom. The quantitative estimate of drug-likeness (QED) is 0.780. The van der Waals surface area contributed by atoms with Gasteiger partial charge < -0.3 is 4.74 Å². The summed E-state index contributed by atoms with van der Waals surface area (Å²) in [4.78, 5) is 6.52. The van der Waals surface area contributed by atoms with E-state index in [1.165, 1.54) is 18.2 Å².